The van der Waals surface area contributed by atoms with Crippen LogP contribution in [0.5, 0.6) is 11.5 Å². The largest absolute Gasteiger partial charge is 0.493 e. The highest BCUT2D eigenvalue weighted by molar-refractivity contribution is 6.30. The van der Waals surface area contributed by atoms with Gasteiger partial charge in [-0.25, -0.2) is 13.8 Å². The van der Waals surface area contributed by atoms with Crippen LogP contribution < -0.4 is 14.9 Å². The normalized spacial score (nSPS) is 15.0. The summed E-state index contributed by atoms with van der Waals surface area (Å²) in [5, 5.41) is 1.85. The average molecular weight is 454 g/mol. The Morgan fingerprint density at radius 1 is 1.03 bits per heavy atom. The molecule has 1 aliphatic heterocycles. The standard InChI is InChI=1S/C22H26ClF2N3O3/c1-16-3-4-17(13-20(16)24)30-12-2-7-27-8-10-28(11-9-27)26-22(29)15-31-18-5-6-19(23)21(25)14-18/h3-6,13-14H,2,7-12,15H2,1H3,(H,26,29). The first kappa shape index (κ1) is 23.2. The summed E-state index contributed by atoms with van der Waals surface area (Å²) in [5.74, 6) is -0.368. The SMILES string of the molecule is Cc1ccc(OCCCN2CCN(NC(=O)COc3ccc(Cl)c(F)c3)CC2)cc1F. The monoisotopic (exact) mass is 453 g/mol. The van der Waals surface area contributed by atoms with Gasteiger partial charge in [0.05, 0.1) is 11.6 Å². The van der Waals surface area contributed by atoms with Crippen molar-refractivity contribution in [2.24, 2.45) is 0 Å². The molecule has 168 valence electrons. The molecule has 1 fully saturated rings. The van der Waals surface area contributed by atoms with E-state index in [9.17, 15) is 13.6 Å². The highest BCUT2D eigenvalue weighted by Crippen LogP contribution is 2.20. The van der Waals surface area contributed by atoms with E-state index < -0.39 is 5.82 Å². The molecule has 0 unspecified atom stereocenters. The average Bonchev–Trinajstić information content (AvgIpc) is 2.75. The molecule has 0 atom stereocenters. The van der Waals surface area contributed by atoms with Gasteiger partial charge in [-0.2, -0.15) is 0 Å². The van der Waals surface area contributed by atoms with Crippen LogP contribution in [-0.4, -0.2) is 61.8 Å². The van der Waals surface area contributed by atoms with Crippen molar-refractivity contribution >= 4 is 17.5 Å². The van der Waals surface area contributed by atoms with E-state index in [4.69, 9.17) is 21.1 Å². The molecule has 0 saturated carbocycles. The van der Waals surface area contributed by atoms with Crippen molar-refractivity contribution in [3.05, 3.63) is 58.6 Å². The molecule has 3 rings (SSSR count). The van der Waals surface area contributed by atoms with Crippen molar-refractivity contribution in [2.75, 3.05) is 45.9 Å². The van der Waals surface area contributed by atoms with Crippen LogP contribution in [0.3, 0.4) is 0 Å². The molecule has 2 aromatic rings. The third-order valence-corrected chi connectivity index (χ3v) is 5.25. The summed E-state index contributed by atoms with van der Waals surface area (Å²) in [7, 11) is 0. The van der Waals surface area contributed by atoms with Crippen LogP contribution in [0.25, 0.3) is 0 Å². The number of carbonyl (C=O) groups excluding carboxylic acids is 1. The zero-order valence-corrected chi connectivity index (χ0v) is 18.1. The van der Waals surface area contributed by atoms with Gasteiger partial charge in [0, 0.05) is 44.9 Å². The fourth-order valence-electron chi connectivity index (χ4n) is 3.15. The van der Waals surface area contributed by atoms with Crippen molar-refractivity contribution in [1.29, 1.82) is 0 Å². The van der Waals surface area contributed by atoms with Gasteiger partial charge in [0.2, 0.25) is 0 Å². The van der Waals surface area contributed by atoms with Crippen LogP contribution in [0, 0.1) is 18.6 Å². The minimum atomic E-state index is -0.591. The van der Waals surface area contributed by atoms with Gasteiger partial charge in [-0.05, 0) is 37.1 Å². The van der Waals surface area contributed by atoms with E-state index in [1.807, 2.05) is 5.01 Å². The number of hydrazine groups is 1. The number of aryl methyl sites for hydroxylation is 1. The van der Waals surface area contributed by atoms with Crippen molar-refractivity contribution in [3.63, 3.8) is 0 Å². The Labute approximate surface area is 185 Å². The molecule has 0 aromatic heterocycles. The van der Waals surface area contributed by atoms with E-state index >= 15 is 0 Å². The zero-order chi connectivity index (χ0) is 22.2. The molecule has 1 N–H and O–H groups in total. The van der Waals surface area contributed by atoms with Crippen LogP contribution in [0.1, 0.15) is 12.0 Å². The van der Waals surface area contributed by atoms with Gasteiger partial charge in [0.25, 0.3) is 5.91 Å². The lowest BCUT2D eigenvalue weighted by atomic mass is 10.2. The Morgan fingerprint density at radius 3 is 2.42 bits per heavy atom. The fraction of sp³-hybridized carbons (Fsp3) is 0.409. The smallest absolute Gasteiger partial charge is 0.272 e. The summed E-state index contributed by atoms with van der Waals surface area (Å²) < 4.78 is 37.8. The number of hydrogen-bond donors (Lipinski definition) is 1. The maximum atomic E-state index is 13.5. The quantitative estimate of drug-likeness (QED) is 0.590. The molecule has 1 saturated heterocycles. The summed E-state index contributed by atoms with van der Waals surface area (Å²) in [6.07, 6.45) is 0.827. The molecule has 0 radical (unpaired) electrons. The Hall–Kier alpha value is -2.42. The Balaban J connectivity index is 1.28. The summed E-state index contributed by atoms with van der Waals surface area (Å²) in [5.41, 5.74) is 3.40. The van der Waals surface area contributed by atoms with E-state index in [2.05, 4.69) is 10.3 Å². The summed E-state index contributed by atoms with van der Waals surface area (Å²) in [6.45, 7) is 5.87. The van der Waals surface area contributed by atoms with Crippen LogP contribution in [-0.2, 0) is 4.79 Å². The minimum Gasteiger partial charge on any atom is -0.493 e. The number of halogens is 3. The topological polar surface area (TPSA) is 54.0 Å². The second kappa shape index (κ2) is 11.3. The molecule has 9 heteroatoms. The number of ether oxygens (including phenoxy) is 2. The first-order valence-electron chi connectivity index (χ1n) is 10.1. The lowest BCUT2D eigenvalue weighted by Gasteiger charge is -2.34. The highest BCUT2D eigenvalue weighted by atomic mass is 35.5. The second-order valence-corrected chi connectivity index (χ2v) is 7.75. The van der Waals surface area contributed by atoms with Gasteiger partial charge in [-0.15, -0.1) is 0 Å². The molecule has 1 aliphatic rings. The van der Waals surface area contributed by atoms with Crippen molar-refractivity contribution in [2.45, 2.75) is 13.3 Å². The van der Waals surface area contributed by atoms with Gasteiger partial charge in [-0.1, -0.05) is 17.7 Å². The van der Waals surface area contributed by atoms with E-state index in [1.54, 1.807) is 19.1 Å². The third-order valence-electron chi connectivity index (χ3n) is 4.95. The number of nitrogens with one attached hydrogen (secondary N) is 1. The van der Waals surface area contributed by atoms with E-state index in [1.165, 1.54) is 18.2 Å². The fourth-order valence-corrected chi connectivity index (χ4v) is 3.27. The Morgan fingerprint density at radius 2 is 1.71 bits per heavy atom. The van der Waals surface area contributed by atoms with E-state index in [0.29, 0.717) is 31.0 Å². The predicted octanol–water partition coefficient (Wildman–Crippen LogP) is 3.42. The molecule has 0 bridgehead atoms. The van der Waals surface area contributed by atoms with Gasteiger partial charge < -0.3 is 14.4 Å². The predicted molar refractivity (Wildman–Crippen MR) is 114 cm³/mol. The maximum absolute atomic E-state index is 13.5. The molecule has 0 aliphatic carbocycles. The molecule has 1 amide bonds. The summed E-state index contributed by atoms with van der Waals surface area (Å²) in [4.78, 5) is 14.3. The summed E-state index contributed by atoms with van der Waals surface area (Å²) in [6, 6.07) is 8.92. The first-order chi connectivity index (χ1) is 14.9. The number of carbonyl (C=O) groups is 1. The van der Waals surface area contributed by atoms with Gasteiger partial charge in [0.1, 0.15) is 23.1 Å². The third kappa shape index (κ3) is 7.34. The first-order valence-corrected chi connectivity index (χ1v) is 10.5. The van der Waals surface area contributed by atoms with Gasteiger partial charge in [-0.3, -0.25) is 10.2 Å². The number of benzene rings is 2. The molecule has 0 spiro atoms. The summed E-state index contributed by atoms with van der Waals surface area (Å²) >= 11 is 5.62. The van der Waals surface area contributed by atoms with Crippen LogP contribution in [0.15, 0.2) is 36.4 Å². The zero-order valence-electron chi connectivity index (χ0n) is 17.4. The molecule has 6 nitrogen and oxygen atoms in total. The molecule has 2 aromatic carbocycles. The number of rotatable bonds is 9. The van der Waals surface area contributed by atoms with Crippen LogP contribution in [0.4, 0.5) is 8.78 Å². The van der Waals surface area contributed by atoms with Crippen LogP contribution >= 0.6 is 11.6 Å². The van der Waals surface area contributed by atoms with Gasteiger partial charge in [0.15, 0.2) is 6.61 Å². The van der Waals surface area contributed by atoms with Gasteiger partial charge >= 0.3 is 0 Å². The number of hydrogen-bond acceptors (Lipinski definition) is 5. The molecular formula is C22H26ClF2N3O3. The lowest BCUT2D eigenvalue weighted by Crippen LogP contribution is -2.54. The van der Waals surface area contributed by atoms with Crippen LogP contribution in [0.2, 0.25) is 5.02 Å². The van der Waals surface area contributed by atoms with E-state index in [-0.39, 0.29) is 29.1 Å². The van der Waals surface area contributed by atoms with Crippen molar-refractivity contribution in [3.8, 4) is 11.5 Å². The molecule has 1 heterocycles. The lowest BCUT2D eigenvalue weighted by molar-refractivity contribution is -0.128. The van der Waals surface area contributed by atoms with E-state index in [0.717, 1.165) is 32.1 Å². The van der Waals surface area contributed by atoms with Crippen molar-refractivity contribution < 1.29 is 23.0 Å². The molecular weight excluding hydrogens is 428 g/mol. The Kier molecular flexibility index (Phi) is 8.45. The second-order valence-electron chi connectivity index (χ2n) is 7.34. The van der Waals surface area contributed by atoms with Crippen molar-refractivity contribution in [1.82, 2.24) is 15.3 Å². The maximum Gasteiger partial charge on any atom is 0.272 e. The number of amides is 1. The Bertz CT molecular complexity index is 892. The minimum absolute atomic E-state index is 0.00489. The number of piperazine rings is 1. The number of nitrogens with zero attached hydrogens (tertiary/aromatic N) is 2. The molecule has 31 heavy (non-hydrogen) atoms. The highest BCUT2D eigenvalue weighted by Gasteiger charge is 2.18.